The van der Waals surface area contributed by atoms with Gasteiger partial charge in [0, 0.05) is 44.2 Å². The van der Waals surface area contributed by atoms with E-state index < -0.39 is 18.4 Å². The molecule has 0 saturated carbocycles. The first kappa shape index (κ1) is 29.2. The van der Waals surface area contributed by atoms with E-state index in [1.165, 1.54) is 6.92 Å². The summed E-state index contributed by atoms with van der Waals surface area (Å²) in [7, 11) is 0. The van der Waals surface area contributed by atoms with E-state index in [2.05, 4.69) is 9.64 Å². The van der Waals surface area contributed by atoms with E-state index in [0.717, 1.165) is 31.5 Å². The third kappa shape index (κ3) is 8.01. The van der Waals surface area contributed by atoms with Crippen LogP contribution in [0.25, 0.3) is 0 Å². The van der Waals surface area contributed by atoms with Gasteiger partial charge in [0.15, 0.2) is 0 Å². The van der Waals surface area contributed by atoms with Gasteiger partial charge >= 0.3 is 12.1 Å². The topological polar surface area (TPSA) is 135 Å². The van der Waals surface area contributed by atoms with Crippen molar-refractivity contribution in [3.05, 3.63) is 29.8 Å². The summed E-state index contributed by atoms with van der Waals surface area (Å²) in [5.74, 6) is -0.171. The van der Waals surface area contributed by atoms with Gasteiger partial charge in [0.1, 0.15) is 11.9 Å². The maximum Gasteiger partial charge on any atom is 0.511 e. The van der Waals surface area contributed by atoms with Crippen molar-refractivity contribution >= 4 is 42.0 Å². The zero-order valence-electron chi connectivity index (χ0n) is 20.9. The van der Waals surface area contributed by atoms with Gasteiger partial charge in [0.2, 0.25) is 12.2 Å². The van der Waals surface area contributed by atoms with E-state index in [-0.39, 0.29) is 49.1 Å². The van der Waals surface area contributed by atoms with Crippen LogP contribution in [0.2, 0.25) is 0 Å². The Kier molecular flexibility index (Phi) is 11.3. The summed E-state index contributed by atoms with van der Waals surface area (Å²) < 4.78 is 14.7. The molecule has 0 aromatic heterocycles. The second kappa shape index (κ2) is 13.9. The minimum Gasteiger partial charge on any atom is -0.435 e. The molecule has 2 unspecified atom stereocenters. The predicted molar refractivity (Wildman–Crippen MR) is 137 cm³/mol. The van der Waals surface area contributed by atoms with Crippen molar-refractivity contribution in [3.8, 4) is 0 Å². The zero-order chi connectivity index (χ0) is 25.4. The van der Waals surface area contributed by atoms with Gasteiger partial charge in [-0.05, 0) is 69.2 Å². The molecule has 3 N–H and O–H groups in total. The molecule has 1 aromatic rings. The lowest BCUT2D eigenvalue weighted by molar-refractivity contribution is -0.169. The first-order valence-corrected chi connectivity index (χ1v) is 12.3. The number of nitrogen functional groups attached to an aromatic ring is 1. The number of carbonyl (C=O) groups is 3. The van der Waals surface area contributed by atoms with Gasteiger partial charge in [-0.2, -0.15) is 0 Å². The van der Waals surface area contributed by atoms with E-state index in [1.54, 1.807) is 6.92 Å². The summed E-state index contributed by atoms with van der Waals surface area (Å²) in [5, 5.41) is 7.58. The smallest absolute Gasteiger partial charge is 0.435 e. The van der Waals surface area contributed by atoms with E-state index in [0.29, 0.717) is 31.5 Å². The largest absolute Gasteiger partial charge is 0.511 e. The molecule has 200 valence electrons. The fourth-order valence-corrected chi connectivity index (χ4v) is 4.68. The first-order valence-electron chi connectivity index (χ1n) is 12.3. The Labute approximate surface area is 218 Å². The fraction of sp³-hybridized carbons (Fsp3) is 0.600. The highest BCUT2D eigenvalue weighted by Gasteiger charge is 2.34. The van der Waals surface area contributed by atoms with Crippen molar-refractivity contribution < 1.29 is 28.6 Å². The summed E-state index contributed by atoms with van der Waals surface area (Å²) >= 11 is 0. The van der Waals surface area contributed by atoms with Crippen molar-refractivity contribution in [1.82, 2.24) is 4.90 Å². The summed E-state index contributed by atoms with van der Waals surface area (Å²) in [6.07, 6.45) is 2.61. The molecule has 2 aliphatic heterocycles. The van der Waals surface area contributed by atoms with Gasteiger partial charge in [-0.1, -0.05) is 0 Å². The number of hydrogen-bond acceptors (Lipinski definition) is 8. The molecule has 36 heavy (non-hydrogen) atoms. The van der Waals surface area contributed by atoms with E-state index >= 15 is 0 Å². The number of amidine groups is 1. The fourth-order valence-electron chi connectivity index (χ4n) is 4.68. The van der Waals surface area contributed by atoms with Crippen molar-refractivity contribution in [3.63, 3.8) is 0 Å². The van der Waals surface area contributed by atoms with Crippen LogP contribution in [0.5, 0.6) is 0 Å². The number of carbonyl (C=O) groups excluding carboxylic acids is 3. The molecule has 11 heteroatoms. The molecular formula is C25H37ClN4O6. The average molecular weight is 525 g/mol. The molecule has 0 aliphatic carbocycles. The van der Waals surface area contributed by atoms with Crippen LogP contribution >= 0.6 is 12.4 Å². The molecule has 1 aromatic carbocycles. The lowest BCUT2D eigenvalue weighted by Gasteiger charge is -2.41. The van der Waals surface area contributed by atoms with Crippen LogP contribution in [0.4, 0.5) is 10.5 Å². The molecule has 2 saturated heterocycles. The monoisotopic (exact) mass is 524 g/mol. The Morgan fingerprint density at radius 3 is 2.33 bits per heavy atom. The minimum atomic E-state index is -1.01. The normalized spacial score (nSPS) is 19.0. The molecule has 0 radical (unpaired) electrons. The summed E-state index contributed by atoms with van der Waals surface area (Å²) in [6, 6.07) is 7.27. The van der Waals surface area contributed by atoms with Crippen LogP contribution in [0.1, 0.15) is 57.9 Å². The predicted octanol–water partition coefficient (Wildman–Crippen LogP) is 3.44. The van der Waals surface area contributed by atoms with Crippen LogP contribution in [-0.4, -0.2) is 67.3 Å². The Balaban J connectivity index is 0.00000456. The van der Waals surface area contributed by atoms with Gasteiger partial charge in [0.05, 0.1) is 6.61 Å². The van der Waals surface area contributed by atoms with Gasteiger partial charge in [-0.3, -0.25) is 15.0 Å². The standard InChI is InChI=1S/C25H36N4O6.ClH/c1-3-33-25(32)35-17(2)34-22(30)16-18-11-14-28(15-12-18)24(31)21-6-4-5-13-29(21)20-9-7-19(8-10-20)23(26)27;/h7-10,17-18,21H,3-6,11-16H2,1-2H3,(H3,26,27);1H. The molecule has 0 spiro atoms. The van der Waals surface area contributed by atoms with E-state index in [4.69, 9.17) is 20.6 Å². The molecule has 10 nitrogen and oxygen atoms in total. The Morgan fingerprint density at radius 2 is 1.72 bits per heavy atom. The number of nitrogens with zero attached hydrogens (tertiary/aromatic N) is 2. The number of nitrogens with two attached hydrogens (primary N) is 1. The Hall–Kier alpha value is -3.01. The molecule has 3 rings (SSSR count). The zero-order valence-corrected chi connectivity index (χ0v) is 21.8. The average Bonchev–Trinajstić information content (AvgIpc) is 2.84. The van der Waals surface area contributed by atoms with Crippen molar-refractivity contribution in [2.24, 2.45) is 11.7 Å². The number of hydrogen-bond donors (Lipinski definition) is 2. The SMILES string of the molecule is CCOC(=O)OC(C)OC(=O)CC1CCN(C(=O)C2CCCCN2c2ccc(C(=N)N)cc2)CC1.Cl. The number of benzene rings is 1. The lowest BCUT2D eigenvalue weighted by Crippen LogP contribution is -2.53. The number of esters is 1. The molecule has 2 aliphatic rings. The van der Waals surface area contributed by atoms with Crippen molar-refractivity contribution in [2.75, 3.05) is 31.1 Å². The third-order valence-electron chi connectivity index (χ3n) is 6.50. The molecule has 0 bridgehead atoms. The van der Waals surface area contributed by atoms with Crippen LogP contribution in [-0.2, 0) is 23.8 Å². The lowest BCUT2D eigenvalue weighted by atomic mass is 9.92. The van der Waals surface area contributed by atoms with Gasteiger partial charge < -0.3 is 29.7 Å². The number of anilines is 1. The number of rotatable bonds is 8. The molecular weight excluding hydrogens is 488 g/mol. The number of amides is 1. The molecule has 2 atom stereocenters. The number of halogens is 1. The Morgan fingerprint density at radius 1 is 1.06 bits per heavy atom. The number of nitrogens with one attached hydrogen (secondary N) is 1. The number of likely N-dealkylation sites (tertiary alicyclic amines) is 1. The quantitative estimate of drug-likeness (QED) is 0.228. The summed E-state index contributed by atoms with van der Waals surface area (Å²) in [6.45, 7) is 5.32. The van der Waals surface area contributed by atoms with E-state index in [1.807, 2.05) is 29.2 Å². The first-order chi connectivity index (χ1) is 16.8. The number of piperidine rings is 2. The van der Waals surface area contributed by atoms with Gasteiger partial charge in [-0.25, -0.2) is 4.79 Å². The van der Waals surface area contributed by atoms with Crippen LogP contribution in [0.15, 0.2) is 24.3 Å². The third-order valence-corrected chi connectivity index (χ3v) is 6.50. The highest BCUT2D eigenvalue weighted by molar-refractivity contribution is 5.95. The maximum absolute atomic E-state index is 13.4. The molecule has 1 amide bonds. The number of ether oxygens (including phenoxy) is 3. The molecule has 2 fully saturated rings. The van der Waals surface area contributed by atoms with Crippen LogP contribution in [0.3, 0.4) is 0 Å². The highest BCUT2D eigenvalue weighted by atomic mass is 35.5. The minimum absolute atomic E-state index is 0. The van der Waals surface area contributed by atoms with Crippen LogP contribution < -0.4 is 10.6 Å². The maximum atomic E-state index is 13.4. The molecule has 2 heterocycles. The van der Waals surface area contributed by atoms with Crippen LogP contribution in [0, 0.1) is 11.3 Å². The van der Waals surface area contributed by atoms with Crippen molar-refractivity contribution in [2.45, 2.75) is 64.7 Å². The Bertz CT molecular complexity index is 904. The summed E-state index contributed by atoms with van der Waals surface area (Å²) in [4.78, 5) is 41.0. The second-order valence-electron chi connectivity index (χ2n) is 9.00. The summed E-state index contributed by atoms with van der Waals surface area (Å²) in [5.41, 5.74) is 7.19. The highest BCUT2D eigenvalue weighted by Crippen LogP contribution is 2.28. The van der Waals surface area contributed by atoms with E-state index in [9.17, 15) is 14.4 Å². The van der Waals surface area contributed by atoms with Crippen molar-refractivity contribution in [1.29, 1.82) is 5.41 Å². The second-order valence-corrected chi connectivity index (χ2v) is 9.00. The van der Waals surface area contributed by atoms with Gasteiger partial charge in [0.25, 0.3) is 0 Å². The van der Waals surface area contributed by atoms with Gasteiger partial charge in [-0.15, -0.1) is 12.4 Å².